The number of anilines is 3. The van der Waals surface area contributed by atoms with Crippen molar-refractivity contribution in [1.29, 1.82) is 0 Å². The van der Waals surface area contributed by atoms with Gasteiger partial charge in [0.05, 0.1) is 23.9 Å². The molecule has 198 valence electrons. The van der Waals surface area contributed by atoms with E-state index in [1.54, 1.807) is 49.1 Å². The molecule has 1 spiro atoms. The molecule has 4 atom stereocenters. The van der Waals surface area contributed by atoms with Gasteiger partial charge in [-0.25, -0.2) is 0 Å². The Morgan fingerprint density at radius 1 is 1.05 bits per heavy atom. The van der Waals surface area contributed by atoms with Crippen LogP contribution < -0.4 is 15.5 Å². The van der Waals surface area contributed by atoms with Gasteiger partial charge >= 0.3 is 0 Å². The second-order valence-corrected chi connectivity index (χ2v) is 10.6. The molecule has 1 fully saturated rings. The van der Waals surface area contributed by atoms with Gasteiger partial charge in [0, 0.05) is 49.2 Å². The van der Waals surface area contributed by atoms with Crippen molar-refractivity contribution in [3.8, 4) is 0 Å². The number of hydrogen-bond donors (Lipinski definition) is 4. The van der Waals surface area contributed by atoms with Crippen LogP contribution in [-0.2, 0) is 31.3 Å². The van der Waals surface area contributed by atoms with Gasteiger partial charge in [-0.1, -0.05) is 19.1 Å². The third-order valence-corrected chi connectivity index (χ3v) is 7.33. The first kappa shape index (κ1) is 26.8. The maximum Gasteiger partial charge on any atom is 0.264 e. The molecule has 2 aliphatic heterocycles. The number of nitrogens with zero attached hydrogens (tertiary/aromatic N) is 1. The average molecular weight is 510 g/mol. The van der Waals surface area contributed by atoms with Crippen molar-refractivity contribution >= 4 is 34.8 Å². The Kier molecular flexibility index (Phi) is 7.16. The summed E-state index contributed by atoms with van der Waals surface area (Å²) in [5, 5.41) is 26.3. The summed E-state index contributed by atoms with van der Waals surface area (Å²) in [6, 6.07) is 12.6. The molecule has 2 aromatic carbocycles. The van der Waals surface area contributed by atoms with E-state index in [9.17, 15) is 24.6 Å². The van der Waals surface area contributed by atoms with Gasteiger partial charge < -0.3 is 30.5 Å². The quantitative estimate of drug-likeness (QED) is 0.454. The highest BCUT2D eigenvalue weighted by atomic mass is 16.5. The van der Waals surface area contributed by atoms with Crippen LogP contribution in [0.4, 0.5) is 17.1 Å². The lowest BCUT2D eigenvalue weighted by molar-refractivity contribution is -0.146. The molecule has 0 bridgehead atoms. The molecule has 0 aromatic heterocycles. The number of hydrogen-bond acceptors (Lipinski definition) is 6. The van der Waals surface area contributed by atoms with Crippen molar-refractivity contribution < 1.29 is 29.3 Å². The lowest BCUT2D eigenvalue weighted by atomic mass is 9.71. The van der Waals surface area contributed by atoms with Crippen LogP contribution >= 0.6 is 0 Å². The largest absolute Gasteiger partial charge is 0.396 e. The summed E-state index contributed by atoms with van der Waals surface area (Å²) in [5.74, 6) is -1.50. The smallest absolute Gasteiger partial charge is 0.264 e. The van der Waals surface area contributed by atoms with Crippen molar-refractivity contribution in [2.24, 2.45) is 11.8 Å². The number of carbonyl (C=O) groups is 3. The molecule has 37 heavy (non-hydrogen) atoms. The van der Waals surface area contributed by atoms with E-state index in [4.69, 9.17) is 4.74 Å². The zero-order valence-corrected chi connectivity index (χ0v) is 21.9. The second kappa shape index (κ2) is 9.89. The molecule has 9 nitrogen and oxygen atoms in total. The summed E-state index contributed by atoms with van der Waals surface area (Å²) < 4.78 is 6.56. The number of carbonyl (C=O) groups excluding carboxylic acids is 3. The van der Waals surface area contributed by atoms with E-state index < -0.39 is 29.1 Å². The lowest BCUT2D eigenvalue weighted by Gasteiger charge is -2.34. The number of ether oxygens (including phenoxy) is 1. The van der Waals surface area contributed by atoms with E-state index in [1.807, 2.05) is 19.1 Å². The zero-order valence-electron chi connectivity index (χ0n) is 21.9. The molecule has 4 N–H and O–H groups in total. The molecule has 0 radical (unpaired) electrons. The van der Waals surface area contributed by atoms with Gasteiger partial charge in [-0.05, 0) is 56.2 Å². The normalized spacial score (nSPS) is 24.9. The van der Waals surface area contributed by atoms with Gasteiger partial charge in [0.25, 0.3) is 5.91 Å². The van der Waals surface area contributed by atoms with Gasteiger partial charge in [0.15, 0.2) is 5.60 Å². The predicted molar refractivity (Wildman–Crippen MR) is 140 cm³/mol. The van der Waals surface area contributed by atoms with Crippen LogP contribution in [0.1, 0.15) is 52.2 Å². The average Bonchev–Trinajstić information content (AvgIpc) is 3.21. The van der Waals surface area contributed by atoms with E-state index in [2.05, 4.69) is 10.6 Å². The van der Waals surface area contributed by atoms with E-state index in [0.29, 0.717) is 22.6 Å². The van der Waals surface area contributed by atoms with Crippen LogP contribution in [-0.4, -0.2) is 46.2 Å². The third-order valence-electron chi connectivity index (χ3n) is 7.33. The second-order valence-electron chi connectivity index (χ2n) is 10.6. The van der Waals surface area contributed by atoms with Crippen molar-refractivity contribution in [3.63, 3.8) is 0 Å². The van der Waals surface area contributed by atoms with E-state index in [-0.39, 0.29) is 37.3 Å². The lowest BCUT2D eigenvalue weighted by Crippen LogP contribution is -2.46. The number of benzene rings is 2. The number of aliphatic hydroxyl groups excluding tert-OH is 1. The topological polar surface area (TPSA) is 128 Å². The van der Waals surface area contributed by atoms with Crippen molar-refractivity contribution in [1.82, 2.24) is 0 Å². The van der Waals surface area contributed by atoms with Gasteiger partial charge in [-0.2, -0.15) is 0 Å². The molecule has 2 aromatic rings. The van der Waals surface area contributed by atoms with E-state index in [1.165, 1.54) is 13.8 Å². The summed E-state index contributed by atoms with van der Waals surface area (Å²) >= 11 is 0. The molecular formula is C28H35N3O6. The number of nitrogens with one attached hydrogen (secondary N) is 2. The molecule has 1 saturated heterocycles. The van der Waals surface area contributed by atoms with E-state index in [0.717, 1.165) is 5.56 Å². The monoisotopic (exact) mass is 509 g/mol. The Bertz CT molecular complexity index is 1210. The molecular weight excluding hydrogens is 474 g/mol. The summed E-state index contributed by atoms with van der Waals surface area (Å²) in [7, 11) is 0. The highest BCUT2D eigenvalue weighted by Crippen LogP contribution is 2.58. The minimum atomic E-state index is -1.38. The molecule has 0 unspecified atom stereocenters. The SMILES string of the molecule is CC(=O)Nc1ccc(CN2C(=O)[C@]3(O[C@H](CCO)[C@@H](C(C)(C)O)[C@@H]3C)c3cc(NC(C)=O)ccc32)cc1. The van der Waals surface area contributed by atoms with Crippen molar-refractivity contribution in [3.05, 3.63) is 53.6 Å². The molecule has 3 amide bonds. The van der Waals surface area contributed by atoms with Gasteiger partial charge in [0.1, 0.15) is 0 Å². The fourth-order valence-corrected chi connectivity index (χ4v) is 5.99. The number of amides is 3. The van der Waals surface area contributed by atoms with Crippen LogP contribution in [0.2, 0.25) is 0 Å². The molecule has 2 aliphatic rings. The van der Waals surface area contributed by atoms with Gasteiger partial charge in [-0.3, -0.25) is 14.4 Å². The first-order valence-electron chi connectivity index (χ1n) is 12.5. The van der Waals surface area contributed by atoms with E-state index >= 15 is 0 Å². The summed E-state index contributed by atoms with van der Waals surface area (Å²) in [5.41, 5.74) is 0.801. The maximum absolute atomic E-state index is 14.3. The summed E-state index contributed by atoms with van der Waals surface area (Å²) in [6.07, 6.45) is -0.266. The number of fused-ring (bicyclic) bond motifs is 2. The summed E-state index contributed by atoms with van der Waals surface area (Å²) in [6.45, 7) is 8.28. The summed E-state index contributed by atoms with van der Waals surface area (Å²) in [4.78, 5) is 39.1. The molecule has 2 heterocycles. The highest BCUT2D eigenvalue weighted by molar-refractivity contribution is 6.08. The Morgan fingerprint density at radius 3 is 2.22 bits per heavy atom. The zero-order chi connectivity index (χ0) is 27.1. The van der Waals surface area contributed by atoms with Crippen molar-refractivity contribution in [2.75, 3.05) is 22.1 Å². The predicted octanol–water partition coefficient (Wildman–Crippen LogP) is 3.15. The number of aliphatic hydroxyl groups is 2. The molecule has 0 aliphatic carbocycles. The Morgan fingerprint density at radius 2 is 1.65 bits per heavy atom. The van der Waals surface area contributed by atoms with Crippen LogP contribution in [0.5, 0.6) is 0 Å². The maximum atomic E-state index is 14.3. The highest BCUT2D eigenvalue weighted by Gasteiger charge is 2.65. The van der Waals surface area contributed by atoms with Crippen LogP contribution in [0.15, 0.2) is 42.5 Å². The van der Waals surface area contributed by atoms with Crippen LogP contribution in [0, 0.1) is 11.8 Å². The third kappa shape index (κ3) is 4.86. The standard InChI is InChI=1S/C28H35N3O6/c1-16-25(27(4,5)36)24(12-13-32)37-28(16)22-14-21(30-18(3)34)10-11-23(22)31(26(28)35)15-19-6-8-20(9-7-19)29-17(2)33/h6-11,14,16,24-25,32,36H,12-13,15H2,1-5H3,(H,29,33)(H,30,34)/t16-,24+,25-,28+/m0/s1. The minimum Gasteiger partial charge on any atom is -0.396 e. The first-order valence-corrected chi connectivity index (χ1v) is 12.5. The fourth-order valence-electron chi connectivity index (χ4n) is 5.99. The van der Waals surface area contributed by atoms with Crippen LogP contribution in [0.3, 0.4) is 0 Å². The number of rotatable bonds is 7. The molecule has 0 saturated carbocycles. The van der Waals surface area contributed by atoms with Crippen LogP contribution in [0.25, 0.3) is 0 Å². The van der Waals surface area contributed by atoms with Crippen molar-refractivity contribution in [2.45, 2.75) is 64.9 Å². The Hall–Kier alpha value is -3.27. The molecule has 4 rings (SSSR count). The Balaban J connectivity index is 1.79. The fraction of sp³-hybridized carbons (Fsp3) is 0.464. The first-order chi connectivity index (χ1) is 17.4. The Labute approximate surface area is 216 Å². The molecule has 9 heteroatoms. The van der Waals surface area contributed by atoms with Gasteiger partial charge in [-0.15, -0.1) is 0 Å². The van der Waals surface area contributed by atoms with Gasteiger partial charge in [0.2, 0.25) is 11.8 Å². The minimum absolute atomic E-state index is 0.141.